The van der Waals surface area contributed by atoms with Crippen LogP contribution >= 0.6 is 15.9 Å². The van der Waals surface area contributed by atoms with E-state index in [0.717, 1.165) is 17.0 Å². The molecule has 1 saturated heterocycles. The molecule has 2 N–H and O–H groups in total. The minimum Gasteiger partial charge on any atom is -0.465 e. The summed E-state index contributed by atoms with van der Waals surface area (Å²) < 4.78 is 67.9. The van der Waals surface area contributed by atoms with Gasteiger partial charge in [-0.15, -0.1) is 0 Å². The van der Waals surface area contributed by atoms with Crippen molar-refractivity contribution in [1.29, 1.82) is 0 Å². The predicted molar refractivity (Wildman–Crippen MR) is 121 cm³/mol. The highest BCUT2D eigenvalue weighted by Crippen LogP contribution is 2.36. The lowest BCUT2D eigenvalue weighted by Gasteiger charge is -2.32. The van der Waals surface area contributed by atoms with Crippen molar-refractivity contribution in [3.05, 3.63) is 58.1 Å². The number of carboxylic acid groups (broad SMARTS) is 1. The molecule has 3 rings (SSSR count). The fourth-order valence-electron chi connectivity index (χ4n) is 3.56. The first kappa shape index (κ1) is 26.0. The number of alkyl halides is 3. The fourth-order valence-corrected chi connectivity index (χ4v) is 5.44. The van der Waals surface area contributed by atoms with Gasteiger partial charge in [0.25, 0.3) is 5.91 Å². The molecule has 0 aliphatic carbocycles. The number of sulfonamides is 1. The van der Waals surface area contributed by atoms with Crippen LogP contribution in [0.1, 0.15) is 28.8 Å². The minimum atomic E-state index is -4.85. The number of piperidine rings is 1. The lowest BCUT2D eigenvalue weighted by atomic mass is 10.0. The van der Waals surface area contributed by atoms with Gasteiger partial charge in [0.1, 0.15) is 0 Å². The molecule has 2 aromatic rings. The van der Waals surface area contributed by atoms with Crippen LogP contribution < -0.4 is 9.62 Å². The van der Waals surface area contributed by atoms with E-state index in [4.69, 9.17) is 5.11 Å². The van der Waals surface area contributed by atoms with Gasteiger partial charge in [-0.2, -0.15) is 13.2 Å². The molecule has 2 amide bonds. The number of amides is 2. The number of halogens is 4. The van der Waals surface area contributed by atoms with E-state index in [9.17, 15) is 31.2 Å². The van der Waals surface area contributed by atoms with E-state index >= 15 is 0 Å². The van der Waals surface area contributed by atoms with Gasteiger partial charge in [-0.05, 0) is 55.3 Å². The Balaban J connectivity index is 1.65. The topological polar surface area (TPSA) is 107 Å². The van der Waals surface area contributed by atoms with Gasteiger partial charge in [-0.3, -0.25) is 9.69 Å². The van der Waals surface area contributed by atoms with Gasteiger partial charge in [-0.1, -0.05) is 15.9 Å². The third-order valence-corrected chi connectivity index (χ3v) is 7.50. The van der Waals surface area contributed by atoms with Gasteiger partial charge < -0.3 is 10.0 Å². The normalized spacial score (nSPS) is 15.3. The number of rotatable bonds is 5. The molecule has 1 heterocycles. The van der Waals surface area contributed by atoms with Crippen LogP contribution in [0.4, 0.5) is 23.7 Å². The molecule has 1 aliphatic heterocycles. The van der Waals surface area contributed by atoms with Crippen molar-refractivity contribution in [3.8, 4) is 0 Å². The van der Waals surface area contributed by atoms with Crippen molar-refractivity contribution >= 4 is 43.6 Å². The molecule has 34 heavy (non-hydrogen) atoms. The first-order valence-electron chi connectivity index (χ1n) is 10.0. The van der Waals surface area contributed by atoms with Gasteiger partial charge in [0, 0.05) is 41.9 Å². The first-order valence-corrected chi connectivity index (χ1v) is 12.3. The van der Waals surface area contributed by atoms with E-state index in [-0.39, 0.29) is 36.3 Å². The number of hydrogen-bond acceptors (Lipinski definition) is 4. The van der Waals surface area contributed by atoms with Gasteiger partial charge >= 0.3 is 12.3 Å². The molecular formula is C21H21BrF3N3O5S. The van der Waals surface area contributed by atoms with E-state index in [1.807, 2.05) is 0 Å². The second-order valence-electron chi connectivity index (χ2n) is 7.71. The van der Waals surface area contributed by atoms with Gasteiger partial charge in [0.15, 0.2) is 0 Å². The number of nitrogens with one attached hydrogen (secondary N) is 1. The molecule has 0 bridgehead atoms. The summed E-state index contributed by atoms with van der Waals surface area (Å²) in [5.41, 5.74) is -0.534. The van der Waals surface area contributed by atoms with Crippen molar-refractivity contribution in [3.63, 3.8) is 0 Å². The summed E-state index contributed by atoms with van der Waals surface area (Å²) in [4.78, 5) is 25.4. The SMILES string of the molecule is CN(C(=O)O)c1ccc(C(=O)N2CCC(NS(=O)(=O)c3ccc(Br)cc3C(F)(F)F)CC2)cc1. The van der Waals surface area contributed by atoms with Gasteiger partial charge in [-0.25, -0.2) is 17.9 Å². The number of carbonyl (C=O) groups is 2. The third kappa shape index (κ3) is 5.88. The number of benzene rings is 2. The summed E-state index contributed by atoms with van der Waals surface area (Å²) in [6, 6.07) is 8.21. The van der Waals surface area contributed by atoms with Gasteiger partial charge in [0.2, 0.25) is 10.0 Å². The Bertz CT molecular complexity index is 1180. The highest BCUT2D eigenvalue weighted by molar-refractivity contribution is 9.10. The number of likely N-dealkylation sites (tertiary alicyclic amines) is 1. The van der Waals surface area contributed by atoms with Crippen LogP contribution in [0.15, 0.2) is 51.8 Å². The zero-order valence-electron chi connectivity index (χ0n) is 17.8. The smallest absolute Gasteiger partial charge is 0.417 e. The number of carbonyl (C=O) groups excluding carboxylic acids is 1. The molecule has 0 atom stereocenters. The van der Waals surface area contributed by atoms with Crippen LogP contribution in [0.5, 0.6) is 0 Å². The largest absolute Gasteiger partial charge is 0.465 e. The first-order chi connectivity index (χ1) is 15.8. The lowest BCUT2D eigenvalue weighted by molar-refractivity contribution is -0.139. The standard InChI is InChI=1S/C21H21BrF3N3O5S/c1-27(20(30)31)16-5-2-13(3-6-16)19(29)28-10-8-15(9-11-28)26-34(32,33)18-7-4-14(22)12-17(18)21(23,24)25/h2-7,12,15,26H,8-11H2,1H3,(H,30,31). The van der Waals surface area contributed by atoms with Crippen molar-refractivity contribution in [2.24, 2.45) is 0 Å². The monoisotopic (exact) mass is 563 g/mol. The Morgan fingerprint density at radius 2 is 1.71 bits per heavy atom. The Morgan fingerprint density at radius 1 is 1.12 bits per heavy atom. The molecule has 0 radical (unpaired) electrons. The summed E-state index contributed by atoms with van der Waals surface area (Å²) in [6.07, 6.45) is -5.54. The van der Waals surface area contributed by atoms with E-state index in [0.29, 0.717) is 11.3 Å². The fraction of sp³-hybridized carbons (Fsp3) is 0.333. The van der Waals surface area contributed by atoms with Crippen LogP contribution in [-0.4, -0.2) is 56.6 Å². The molecule has 8 nitrogen and oxygen atoms in total. The van der Waals surface area contributed by atoms with Gasteiger partial charge in [0.05, 0.1) is 10.5 Å². The maximum atomic E-state index is 13.4. The van der Waals surface area contributed by atoms with E-state index in [1.54, 1.807) is 0 Å². The second kappa shape index (κ2) is 9.92. The predicted octanol–water partition coefficient (Wildman–Crippen LogP) is 4.17. The molecule has 13 heteroatoms. The summed E-state index contributed by atoms with van der Waals surface area (Å²) >= 11 is 2.93. The highest BCUT2D eigenvalue weighted by atomic mass is 79.9. The van der Waals surface area contributed by atoms with Crippen LogP contribution in [-0.2, 0) is 16.2 Å². The highest BCUT2D eigenvalue weighted by Gasteiger charge is 2.38. The average Bonchev–Trinajstić information content (AvgIpc) is 2.77. The zero-order chi connectivity index (χ0) is 25.3. The molecule has 1 fully saturated rings. The zero-order valence-corrected chi connectivity index (χ0v) is 20.2. The number of hydrogen-bond donors (Lipinski definition) is 2. The van der Waals surface area contributed by atoms with Crippen LogP contribution in [0.25, 0.3) is 0 Å². The molecule has 0 unspecified atom stereocenters. The number of nitrogens with zero attached hydrogens (tertiary/aromatic N) is 2. The average molecular weight is 564 g/mol. The Morgan fingerprint density at radius 3 is 2.24 bits per heavy atom. The quantitative estimate of drug-likeness (QED) is 0.568. The maximum Gasteiger partial charge on any atom is 0.417 e. The summed E-state index contributed by atoms with van der Waals surface area (Å²) in [5.74, 6) is -0.307. The number of anilines is 1. The summed E-state index contributed by atoms with van der Waals surface area (Å²) in [7, 11) is -3.08. The molecular weight excluding hydrogens is 543 g/mol. The van der Waals surface area contributed by atoms with Crippen LogP contribution in [0, 0.1) is 0 Å². The summed E-state index contributed by atoms with van der Waals surface area (Å²) in [6.45, 7) is 0.407. The van der Waals surface area contributed by atoms with Crippen molar-refractivity contribution in [2.45, 2.75) is 30.0 Å². The Kier molecular flexibility index (Phi) is 7.58. The molecule has 184 valence electrons. The third-order valence-electron chi connectivity index (χ3n) is 5.43. The summed E-state index contributed by atoms with van der Waals surface area (Å²) in [5, 5.41) is 9.01. The van der Waals surface area contributed by atoms with Crippen molar-refractivity contribution < 1.29 is 36.3 Å². The molecule has 2 aromatic carbocycles. The molecule has 0 saturated carbocycles. The van der Waals surface area contributed by atoms with Crippen molar-refractivity contribution in [2.75, 3.05) is 25.0 Å². The van der Waals surface area contributed by atoms with Crippen LogP contribution in [0.3, 0.4) is 0 Å². The van der Waals surface area contributed by atoms with Crippen LogP contribution in [0.2, 0.25) is 0 Å². The molecule has 0 aromatic heterocycles. The van der Waals surface area contributed by atoms with E-state index in [1.165, 1.54) is 42.3 Å². The minimum absolute atomic E-state index is 0.105. The molecule has 1 aliphatic rings. The van der Waals surface area contributed by atoms with E-state index < -0.39 is 38.8 Å². The van der Waals surface area contributed by atoms with E-state index in [2.05, 4.69) is 20.7 Å². The lowest BCUT2D eigenvalue weighted by Crippen LogP contribution is -2.46. The second-order valence-corrected chi connectivity index (χ2v) is 10.3. The molecule has 0 spiro atoms. The maximum absolute atomic E-state index is 13.4. The Labute approximate surface area is 202 Å². The van der Waals surface area contributed by atoms with Crippen molar-refractivity contribution in [1.82, 2.24) is 9.62 Å². The Hall–Kier alpha value is -2.64.